The minimum Gasteiger partial charge on any atom is -0.432 e. The Morgan fingerprint density at radius 2 is 2.06 bits per heavy atom. The molecular weight excluding hydrogens is 442 g/mol. The molecule has 5 rings (SSSR count). The first kappa shape index (κ1) is 22.1. The Kier molecular flexibility index (Phi) is 5.57. The molecule has 0 aliphatic carbocycles. The smallest absolute Gasteiger partial charge is 0.432 e. The number of rotatable bonds is 5. The van der Waals surface area contributed by atoms with E-state index in [0.717, 1.165) is 5.56 Å². The van der Waals surface area contributed by atoms with Crippen molar-refractivity contribution >= 4 is 17.5 Å². The number of ether oxygens (including phenoxy) is 5. The first-order chi connectivity index (χ1) is 16.4. The van der Waals surface area contributed by atoms with Gasteiger partial charge in [-0.05, 0) is 26.0 Å². The molecule has 4 heterocycles. The van der Waals surface area contributed by atoms with Crippen molar-refractivity contribution in [2.24, 2.45) is 0 Å². The van der Waals surface area contributed by atoms with E-state index in [4.69, 9.17) is 29.4 Å². The molecule has 5 atom stereocenters. The van der Waals surface area contributed by atoms with E-state index < -0.39 is 36.4 Å². The van der Waals surface area contributed by atoms with E-state index in [1.807, 2.05) is 30.3 Å². The van der Waals surface area contributed by atoms with Gasteiger partial charge in [-0.25, -0.2) is 14.3 Å². The highest BCUT2D eigenvalue weighted by Crippen LogP contribution is 2.50. The lowest BCUT2D eigenvalue weighted by Gasteiger charge is -2.26. The van der Waals surface area contributed by atoms with Crippen LogP contribution in [-0.4, -0.2) is 51.8 Å². The normalized spacial score (nSPS) is 28.1. The lowest BCUT2D eigenvalue weighted by atomic mass is 9.92. The van der Waals surface area contributed by atoms with E-state index in [-0.39, 0.29) is 18.5 Å². The lowest BCUT2D eigenvalue weighted by molar-refractivity contribution is -0.162. The molecule has 3 aromatic rings. The minimum absolute atomic E-state index is 0.193. The largest absolute Gasteiger partial charge is 0.508 e. The minimum atomic E-state index is -1.61. The number of hydrogen-bond donors (Lipinski definition) is 1. The summed E-state index contributed by atoms with van der Waals surface area (Å²) in [5, 5.41) is 14.7. The van der Waals surface area contributed by atoms with Gasteiger partial charge in [0.25, 0.3) is 0 Å². The molecule has 176 valence electrons. The highest BCUT2D eigenvalue weighted by molar-refractivity contribution is 5.66. The monoisotopic (exact) mass is 465 g/mol. The van der Waals surface area contributed by atoms with Crippen LogP contribution in [-0.2, 0) is 29.3 Å². The summed E-state index contributed by atoms with van der Waals surface area (Å²) in [6, 6.07) is 15.0. The molecule has 11 nitrogen and oxygen atoms in total. The molecule has 0 bridgehead atoms. The second kappa shape index (κ2) is 8.57. The molecule has 34 heavy (non-hydrogen) atoms. The van der Waals surface area contributed by atoms with Gasteiger partial charge in [-0.1, -0.05) is 30.3 Å². The summed E-state index contributed by atoms with van der Waals surface area (Å²) < 4.78 is 30.5. The van der Waals surface area contributed by atoms with Crippen LogP contribution in [0.15, 0.2) is 48.8 Å². The van der Waals surface area contributed by atoms with Crippen LogP contribution in [0, 0.1) is 11.3 Å². The van der Waals surface area contributed by atoms with Crippen LogP contribution in [0.2, 0.25) is 0 Å². The van der Waals surface area contributed by atoms with Crippen LogP contribution in [0.3, 0.4) is 0 Å². The predicted molar refractivity (Wildman–Crippen MR) is 116 cm³/mol. The van der Waals surface area contributed by atoms with Crippen LogP contribution >= 0.6 is 0 Å². The standard InChI is InChI=1S/C23H23N5O6/c1-13(2)31-22(29)30-10-16-18-19(33-21(32-18)14-6-4-3-5-7-14)23(11-24,34-16)17-9-8-15-20(25)26-12-27-28(15)17/h3-9,12-13,16,18-19,21H,10H2,1-2H3,(H2,25,26,27)/t16-,18-,19-,21?,23+/m1/s1. The zero-order valence-electron chi connectivity index (χ0n) is 18.5. The number of aromatic nitrogens is 3. The summed E-state index contributed by atoms with van der Waals surface area (Å²) in [5.41, 5.74) is 6.08. The zero-order chi connectivity index (χ0) is 23.9. The van der Waals surface area contributed by atoms with Gasteiger partial charge in [-0.2, -0.15) is 10.4 Å². The number of carbonyl (C=O) groups excluding carboxylic acids is 1. The molecule has 2 aliphatic heterocycles. The van der Waals surface area contributed by atoms with E-state index in [1.165, 1.54) is 10.8 Å². The molecule has 2 fully saturated rings. The number of nitriles is 1. The summed E-state index contributed by atoms with van der Waals surface area (Å²) in [6.45, 7) is 3.24. The third-order valence-electron chi connectivity index (χ3n) is 5.75. The molecule has 0 amide bonds. The summed E-state index contributed by atoms with van der Waals surface area (Å²) in [6.07, 6.45) is -2.96. The molecule has 0 spiro atoms. The molecule has 1 aromatic carbocycles. The molecule has 2 aromatic heterocycles. The second-order valence-electron chi connectivity index (χ2n) is 8.29. The van der Waals surface area contributed by atoms with Gasteiger partial charge in [0.05, 0.1) is 11.8 Å². The highest BCUT2D eigenvalue weighted by Gasteiger charge is 2.64. The fourth-order valence-electron chi connectivity index (χ4n) is 4.30. The maximum atomic E-state index is 12.0. The Bertz CT molecular complexity index is 1240. The fourth-order valence-corrected chi connectivity index (χ4v) is 4.30. The van der Waals surface area contributed by atoms with Crippen molar-refractivity contribution in [2.75, 3.05) is 12.3 Å². The second-order valence-corrected chi connectivity index (χ2v) is 8.29. The number of anilines is 1. The maximum absolute atomic E-state index is 12.0. The number of benzene rings is 1. The third kappa shape index (κ3) is 3.62. The van der Waals surface area contributed by atoms with E-state index >= 15 is 0 Å². The van der Waals surface area contributed by atoms with Crippen molar-refractivity contribution in [3.8, 4) is 6.07 Å². The van der Waals surface area contributed by atoms with Crippen LogP contribution in [0.25, 0.3) is 5.52 Å². The number of fused-ring (bicyclic) bond motifs is 2. The van der Waals surface area contributed by atoms with E-state index in [0.29, 0.717) is 11.2 Å². The van der Waals surface area contributed by atoms with Crippen LogP contribution in [0.1, 0.15) is 31.4 Å². The van der Waals surface area contributed by atoms with Crippen molar-refractivity contribution in [3.63, 3.8) is 0 Å². The summed E-state index contributed by atoms with van der Waals surface area (Å²) in [7, 11) is 0. The average molecular weight is 465 g/mol. The number of carbonyl (C=O) groups is 1. The summed E-state index contributed by atoms with van der Waals surface area (Å²) >= 11 is 0. The van der Waals surface area contributed by atoms with Crippen LogP contribution in [0.4, 0.5) is 10.6 Å². The van der Waals surface area contributed by atoms with Crippen LogP contribution < -0.4 is 5.73 Å². The van der Waals surface area contributed by atoms with Gasteiger partial charge in [0.2, 0.25) is 5.60 Å². The first-order valence-corrected chi connectivity index (χ1v) is 10.8. The number of nitrogen functional groups attached to an aromatic ring is 1. The fraction of sp³-hybridized carbons (Fsp3) is 0.391. The Hall–Kier alpha value is -3.72. The van der Waals surface area contributed by atoms with Gasteiger partial charge in [-0.3, -0.25) is 0 Å². The van der Waals surface area contributed by atoms with Crippen molar-refractivity contribution in [3.05, 3.63) is 60.0 Å². The predicted octanol–water partition coefficient (Wildman–Crippen LogP) is 2.47. The number of hydrogen-bond acceptors (Lipinski definition) is 10. The number of nitrogens with zero attached hydrogens (tertiary/aromatic N) is 4. The summed E-state index contributed by atoms with van der Waals surface area (Å²) in [5.74, 6) is 0.256. The van der Waals surface area contributed by atoms with Crippen molar-refractivity contribution in [2.45, 2.75) is 50.2 Å². The number of nitrogens with two attached hydrogens (primary N) is 1. The Balaban J connectivity index is 1.51. The van der Waals surface area contributed by atoms with E-state index in [2.05, 4.69) is 16.2 Å². The van der Waals surface area contributed by atoms with Gasteiger partial charge < -0.3 is 29.4 Å². The molecule has 1 unspecified atom stereocenters. The Morgan fingerprint density at radius 3 is 2.79 bits per heavy atom. The van der Waals surface area contributed by atoms with E-state index in [1.54, 1.807) is 26.0 Å². The van der Waals surface area contributed by atoms with Crippen LogP contribution in [0.5, 0.6) is 0 Å². The maximum Gasteiger partial charge on any atom is 0.508 e. The van der Waals surface area contributed by atoms with Crippen molar-refractivity contribution in [1.29, 1.82) is 5.26 Å². The quantitative estimate of drug-likeness (QED) is 0.558. The third-order valence-corrected chi connectivity index (χ3v) is 5.75. The molecule has 2 N–H and O–H groups in total. The summed E-state index contributed by atoms with van der Waals surface area (Å²) in [4.78, 5) is 16.0. The molecule has 2 saturated heterocycles. The SMILES string of the molecule is CC(C)OC(=O)OC[C@H]1O[C@@](C#N)(c2ccc3c(N)ncnn23)[C@@H]2OC(c3ccccc3)O[C@@H]21. The Labute approximate surface area is 194 Å². The van der Waals surface area contributed by atoms with Gasteiger partial charge in [0.15, 0.2) is 12.1 Å². The van der Waals surface area contributed by atoms with Crippen molar-refractivity contribution < 1.29 is 28.5 Å². The molecule has 2 aliphatic rings. The Morgan fingerprint density at radius 1 is 1.26 bits per heavy atom. The van der Waals surface area contributed by atoms with E-state index in [9.17, 15) is 10.1 Å². The topological polar surface area (TPSA) is 143 Å². The molecule has 11 heteroatoms. The molecule has 0 radical (unpaired) electrons. The van der Waals surface area contributed by atoms with Gasteiger partial charge in [0.1, 0.15) is 42.8 Å². The lowest BCUT2D eigenvalue weighted by Crippen LogP contribution is -2.39. The molecule has 0 saturated carbocycles. The molecular formula is C23H23N5O6. The van der Waals surface area contributed by atoms with Crippen molar-refractivity contribution in [1.82, 2.24) is 14.6 Å². The van der Waals surface area contributed by atoms with Gasteiger partial charge in [0, 0.05) is 5.56 Å². The van der Waals surface area contributed by atoms with Gasteiger partial charge in [-0.15, -0.1) is 0 Å². The first-order valence-electron chi connectivity index (χ1n) is 10.8. The van der Waals surface area contributed by atoms with Gasteiger partial charge >= 0.3 is 6.16 Å². The highest BCUT2D eigenvalue weighted by atomic mass is 16.8. The average Bonchev–Trinajstić information content (AvgIpc) is 3.52. The zero-order valence-corrected chi connectivity index (χ0v) is 18.5.